The van der Waals surface area contributed by atoms with E-state index in [4.69, 9.17) is 11.2 Å². The molecule has 0 amide bonds. The third-order valence-corrected chi connectivity index (χ3v) is 8.28. The van der Waals surface area contributed by atoms with Crippen LogP contribution in [0.4, 0.5) is 0 Å². The Balaban J connectivity index is 2.37. The maximum atomic E-state index is 13.5. The third kappa shape index (κ3) is 2.78. The molecule has 0 aliphatic carbocycles. The molecule has 0 radical (unpaired) electrons. The topological polar surface area (TPSA) is 43.4 Å². The van der Waals surface area contributed by atoms with E-state index in [1.807, 2.05) is 44.2 Å². The van der Waals surface area contributed by atoms with E-state index in [0.29, 0.717) is 12.6 Å². The highest BCUT2D eigenvalue weighted by Gasteiger charge is 2.51. The first kappa shape index (κ1) is 15.9. The lowest BCUT2D eigenvalue weighted by Crippen LogP contribution is -2.48. The van der Waals surface area contributed by atoms with E-state index in [1.165, 1.54) is 6.92 Å². The first-order valence-corrected chi connectivity index (χ1v) is 9.12. The Kier molecular flexibility index (Phi) is 4.30. The molecule has 1 aliphatic rings. The molecule has 4 heteroatoms. The van der Waals surface area contributed by atoms with Gasteiger partial charge in [0.1, 0.15) is 7.14 Å². The van der Waals surface area contributed by atoms with Gasteiger partial charge < -0.3 is 9.30 Å². The first-order chi connectivity index (χ1) is 9.84. The predicted molar refractivity (Wildman–Crippen MR) is 85.1 cm³/mol. The van der Waals surface area contributed by atoms with Crippen molar-refractivity contribution < 1.29 is 14.1 Å². The zero-order chi connectivity index (χ0) is 15.7. The predicted octanol–water partition coefficient (Wildman–Crippen LogP) is 3.04. The average molecular weight is 304 g/mol. The van der Waals surface area contributed by atoms with Crippen LogP contribution in [0.25, 0.3) is 0 Å². The van der Waals surface area contributed by atoms with Crippen LogP contribution in [0.3, 0.4) is 0 Å². The van der Waals surface area contributed by atoms with E-state index in [9.17, 15) is 9.36 Å². The molecule has 0 aromatic heterocycles. The van der Waals surface area contributed by atoms with Crippen LogP contribution in [0, 0.1) is 18.3 Å². The summed E-state index contributed by atoms with van der Waals surface area (Å²) in [6.07, 6.45) is 6.56. The van der Waals surface area contributed by atoms with Crippen molar-refractivity contribution in [2.75, 3.05) is 6.16 Å². The van der Waals surface area contributed by atoms with Crippen LogP contribution in [0.15, 0.2) is 30.3 Å². The molecule has 1 aromatic carbocycles. The van der Waals surface area contributed by atoms with Crippen LogP contribution in [-0.4, -0.2) is 23.4 Å². The second kappa shape index (κ2) is 5.70. The highest BCUT2D eigenvalue weighted by molar-refractivity contribution is 7.72. The number of benzene rings is 1. The Morgan fingerprint density at radius 1 is 1.38 bits per heavy atom. The highest BCUT2D eigenvalue weighted by Crippen LogP contribution is 2.59. The molecular weight excluding hydrogens is 283 g/mol. The Bertz CT molecular complexity index is 617. The van der Waals surface area contributed by atoms with Crippen molar-refractivity contribution >= 4 is 18.4 Å². The molecule has 0 spiro atoms. The fraction of sp³-hybridized carbons (Fsp3) is 0.471. The second-order valence-corrected chi connectivity index (χ2v) is 9.25. The van der Waals surface area contributed by atoms with Crippen LogP contribution in [-0.2, 0) is 14.1 Å². The largest absolute Gasteiger partial charge is 0.446 e. The molecule has 0 bridgehead atoms. The molecule has 1 saturated heterocycles. The van der Waals surface area contributed by atoms with Gasteiger partial charge in [0.25, 0.3) is 0 Å². The summed E-state index contributed by atoms with van der Waals surface area (Å²) in [4.78, 5) is 11.4. The number of hydrogen-bond donors (Lipinski definition) is 0. The Morgan fingerprint density at radius 3 is 2.52 bits per heavy atom. The van der Waals surface area contributed by atoms with Crippen LogP contribution in [0.1, 0.15) is 27.2 Å². The molecule has 0 saturated carbocycles. The zero-order valence-electron chi connectivity index (χ0n) is 12.7. The summed E-state index contributed by atoms with van der Waals surface area (Å²) in [5, 5.41) is 0.887. The summed E-state index contributed by atoms with van der Waals surface area (Å²) in [6.45, 7) is 5.22. The van der Waals surface area contributed by atoms with E-state index >= 15 is 0 Å². The van der Waals surface area contributed by atoms with Crippen molar-refractivity contribution in [3.8, 4) is 12.3 Å². The van der Waals surface area contributed by atoms with Gasteiger partial charge in [-0.2, -0.15) is 0 Å². The normalized spacial score (nSPS) is 35.7. The number of hydrogen-bond acceptors (Lipinski definition) is 3. The van der Waals surface area contributed by atoms with Crippen LogP contribution in [0.2, 0.25) is 0 Å². The number of ether oxygens (including phenoxy) is 1. The first-order valence-electron chi connectivity index (χ1n) is 7.16. The molecule has 0 unspecified atom stereocenters. The molecule has 112 valence electrons. The van der Waals surface area contributed by atoms with Crippen molar-refractivity contribution in [3.05, 3.63) is 30.3 Å². The van der Waals surface area contributed by atoms with Gasteiger partial charge in [0.05, 0.1) is 0 Å². The van der Waals surface area contributed by atoms with Gasteiger partial charge in [-0.05, 0) is 0 Å². The van der Waals surface area contributed by atoms with Gasteiger partial charge >= 0.3 is 5.97 Å². The number of carbonyl (C=O) groups excluding carboxylic acids is 1. The lowest BCUT2D eigenvalue weighted by molar-refractivity contribution is -0.156. The van der Waals surface area contributed by atoms with E-state index in [2.05, 4.69) is 5.92 Å². The van der Waals surface area contributed by atoms with E-state index in [0.717, 1.165) is 5.30 Å². The number of rotatable bonds is 2. The van der Waals surface area contributed by atoms with Crippen molar-refractivity contribution in [3.63, 3.8) is 0 Å². The number of carbonyl (C=O) groups is 1. The Hall–Kier alpha value is -1.52. The molecule has 1 aromatic rings. The summed E-state index contributed by atoms with van der Waals surface area (Å²) in [5.74, 6) is 2.14. The standard InChI is InChI=1S/C17H21O3P/c1-5-17(20-15(4)18)11-14(3)21(19,12-13(17)2)16-9-7-6-8-10-16/h1,6-10,13-14H,11-12H2,2-4H3/t13-,14+,17-,21-/m0/s1. The van der Waals surface area contributed by atoms with Gasteiger partial charge in [-0.1, -0.05) is 50.1 Å². The maximum Gasteiger partial charge on any atom is 0.304 e. The molecule has 1 heterocycles. The molecule has 3 nitrogen and oxygen atoms in total. The minimum Gasteiger partial charge on any atom is -0.446 e. The molecule has 1 aliphatic heterocycles. The van der Waals surface area contributed by atoms with Gasteiger partial charge in [0.15, 0.2) is 5.60 Å². The van der Waals surface area contributed by atoms with Gasteiger partial charge in [-0.3, -0.25) is 4.79 Å². The SMILES string of the molecule is C#C[C@]1(OC(C)=O)C[C@@H](C)[P@](=O)(c2ccccc2)C[C@@H]1C. The van der Waals surface area contributed by atoms with E-state index in [1.54, 1.807) is 0 Å². The zero-order valence-corrected chi connectivity index (χ0v) is 13.6. The Labute approximate surface area is 126 Å². The Morgan fingerprint density at radius 2 is 2.00 bits per heavy atom. The van der Waals surface area contributed by atoms with Crippen molar-refractivity contribution in [2.45, 2.75) is 38.5 Å². The minimum atomic E-state index is -2.54. The summed E-state index contributed by atoms with van der Waals surface area (Å²) in [6, 6.07) is 9.55. The molecule has 2 rings (SSSR count). The third-order valence-electron chi connectivity index (χ3n) is 4.42. The van der Waals surface area contributed by atoms with Gasteiger partial charge in [-0.25, -0.2) is 0 Å². The average Bonchev–Trinajstić information content (AvgIpc) is 2.45. The van der Waals surface area contributed by atoms with Crippen molar-refractivity contribution in [2.24, 2.45) is 5.92 Å². The van der Waals surface area contributed by atoms with Gasteiger partial charge in [0, 0.05) is 36.4 Å². The monoisotopic (exact) mass is 304 g/mol. The van der Waals surface area contributed by atoms with Crippen LogP contribution in [0.5, 0.6) is 0 Å². The molecule has 0 N–H and O–H groups in total. The van der Waals surface area contributed by atoms with Crippen molar-refractivity contribution in [1.82, 2.24) is 0 Å². The molecule has 1 fully saturated rings. The molecule has 21 heavy (non-hydrogen) atoms. The van der Waals surface area contributed by atoms with E-state index in [-0.39, 0.29) is 17.5 Å². The summed E-state index contributed by atoms with van der Waals surface area (Å²) in [5.41, 5.74) is -1.04. The lowest BCUT2D eigenvalue weighted by Gasteiger charge is -2.44. The number of terminal acetylenes is 1. The highest BCUT2D eigenvalue weighted by atomic mass is 31.2. The lowest BCUT2D eigenvalue weighted by atomic mass is 9.85. The van der Waals surface area contributed by atoms with Crippen LogP contribution >= 0.6 is 7.14 Å². The fourth-order valence-electron chi connectivity index (χ4n) is 3.19. The van der Waals surface area contributed by atoms with Crippen molar-refractivity contribution in [1.29, 1.82) is 0 Å². The van der Waals surface area contributed by atoms with Crippen LogP contribution < -0.4 is 5.30 Å². The fourth-order valence-corrected chi connectivity index (χ4v) is 6.62. The quantitative estimate of drug-likeness (QED) is 0.479. The number of esters is 1. The molecular formula is C17H21O3P. The minimum absolute atomic E-state index is 0.105. The second-order valence-electron chi connectivity index (χ2n) is 5.90. The van der Waals surface area contributed by atoms with Gasteiger partial charge in [-0.15, -0.1) is 6.42 Å². The van der Waals surface area contributed by atoms with Gasteiger partial charge in [0.2, 0.25) is 0 Å². The molecule has 4 atom stereocenters. The summed E-state index contributed by atoms with van der Waals surface area (Å²) >= 11 is 0. The smallest absolute Gasteiger partial charge is 0.304 e. The maximum absolute atomic E-state index is 13.5. The van der Waals surface area contributed by atoms with E-state index < -0.39 is 12.7 Å². The summed E-state index contributed by atoms with van der Waals surface area (Å²) in [7, 11) is -2.54. The summed E-state index contributed by atoms with van der Waals surface area (Å²) < 4.78 is 18.9.